The zero-order chi connectivity index (χ0) is 8.27. The van der Waals surface area contributed by atoms with Crippen molar-refractivity contribution in [3.05, 3.63) is 17.8 Å². The first-order chi connectivity index (χ1) is 5.24. The molecule has 0 spiro atoms. The van der Waals surface area contributed by atoms with E-state index in [0.717, 1.165) is 0 Å². The highest BCUT2D eigenvalue weighted by molar-refractivity contribution is 4.94. The normalized spacial score (nSPS) is 10.9. The molecule has 0 saturated heterocycles. The van der Waals surface area contributed by atoms with Crippen LogP contribution < -0.4 is 5.32 Å². The first kappa shape index (κ1) is 8.13. The summed E-state index contributed by atoms with van der Waals surface area (Å²) in [5.41, 5.74) is 0. The van der Waals surface area contributed by atoms with Gasteiger partial charge in [-0.05, 0) is 7.05 Å². The van der Waals surface area contributed by atoms with Gasteiger partial charge < -0.3 is 9.73 Å². The van der Waals surface area contributed by atoms with Gasteiger partial charge in [-0.15, -0.1) is 0 Å². The Morgan fingerprint density at radius 2 is 2.45 bits per heavy atom. The predicted octanol–water partition coefficient (Wildman–Crippen LogP) is 1.33. The molecule has 0 fully saturated rings. The molecule has 62 valence electrons. The Morgan fingerprint density at radius 3 is 2.91 bits per heavy atom. The second-order valence-electron chi connectivity index (χ2n) is 2.00. The van der Waals surface area contributed by atoms with Gasteiger partial charge in [-0.2, -0.15) is 8.78 Å². The molecular formula is C6H8F2N2O. The highest BCUT2D eigenvalue weighted by atomic mass is 19.3. The van der Waals surface area contributed by atoms with Crippen molar-refractivity contribution in [2.45, 2.75) is 13.0 Å². The summed E-state index contributed by atoms with van der Waals surface area (Å²) in [6.07, 6.45) is -1.33. The van der Waals surface area contributed by atoms with E-state index >= 15 is 0 Å². The van der Waals surface area contributed by atoms with Gasteiger partial charge in [0.2, 0.25) is 0 Å². The SMILES string of the molecule is CNCc1cnc(C(F)F)o1. The number of halogens is 2. The Kier molecular flexibility index (Phi) is 2.53. The Balaban J connectivity index is 2.66. The predicted molar refractivity (Wildman–Crippen MR) is 34.2 cm³/mol. The fourth-order valence-electron chi connectivity index (χ4n) is 0.679. The second kappa shape index (κ2) is 3.43. The molecule has 1 heterocycles. The molecule has 11 heavy (non-hydrogen) atoms. The van der Waals surface area contributed by atoms with Crippen LogP contribution in [0.1, 0.15) is 18.1 Å². The van der Waals surface area contributed by atoms with E-state index in [2.05, 4.69) is 14.7 Å². The van der Waals surface area contributed by atoms with Gasteiger partial charge >= 0.3 is 6.43 Å². The van der Waals surface area contributed by atoms with Crippen molar-refractivity contribution in [1.82, 2.24) is 10.3 Å². The average molecular weight is 162 g/mol. The van der Waals surface area contributed by atoms with Crippen LogP contribution in [0.2, 0.25) is 0 Å². The molecule has 0 aromatic carbocycles. The molecule has 1 aromatic rings. The van der Waals surface area contributed by atoms with E-state index in [1.165, 1.54) is 6.20 Å². The van der Waals surface area contributed by atoms with Crippen molar-refractivity contribution >= 4 is 0 Å². The van der Waals surface area contributed by atoms with Gasteiger partial charge in [-0.3, -0.25) is 0 Å². The standard InChI is InChI=1S/C6H8F2N2O/c1-9-2-4-3-10-6(11-4)5(7)8/h3,5,9H,2H2,1H3. The summed E-state index contributed by atoms with van der Waals surface area (Å²) in [4.78, 5) is 3.38. The van der Waals surface area contributed by atoms with Crippen molar-refractivity contribution in [2.75, 3.05) is 7.05 Å². The Bertz CT molecular complexity index is 224. The molecule has 0 aliphatic rings. The van der Waals surface area contributed by atoms with Crippen molar-refractivity contribution in [2.24, 2.45) is 0 Å². The van der Waals surface area contributed by atoms with Gasteiger partial charge in [-0.1, -0.05) is 0 Å². The Labute approximate surface area is 62.4 Å². The zero-order valence-electron chi connectivity index (χ0n) is 5.97. The van der Waals surface area contributed by atoms with Crippen molar-refractivity contribution in [3.8, 4) is 0 Å². The van der Waals surface area contributed by atoms with E-state index in [0.29, 0.717) is 12.3 Å². The minimum absolute atomic E-state index is 0.416. The summed E-state index contributed by atoms with van der Waals surface area (Å²) in [6.45, 7) is 0.416. The highest BCUT2D eigenvalue weighted by Crippen LogP contribution is 2.17. The Hall–Kier alpha value is -0.970. The molecule has 0 bridgehead atoms. The van der Waals surface area contributed by atoms with Gasteiger partial charge in [0.15, 0.2) is 0 Å². The lowest BCUT2D eigenvalue weighted by Gasteiger charge is -1.91. The first-order valence-electron chi connectivity index (χ1n) is 3.11. The lowest BCUT2D eigenvalue weighted by molar-refractivity contribution is 0.113. The summed E-state index contributed by atoms with van der Waals surface area (Å²) >= 11 is 0. The summed E-state index contributed by atoms with van der Waals surface area (Å²) in [5.74, 6) is -0.0990. The zero-order valence-corrected chi connectivity index (χ0v) is 5.97. The molecule has 0 aliphatic carbocycles. The summed E-state index contributed by atoms with van der Waals surface area (Å²) in [7, 11) is 1.70. The number of aromatic nitrogens is 1. The maximum absolute atomic E-state index is 11.8. The summed E-state index contributed by atoms with van der Waals surface area (Å²) in [5, 5.41) is 2.76. The third-order valence-electron chi connectivity index (χ3n) is 1.11. The van der Waals surface area contributed by atoms with Gasteiger partial charge in [0.05, 0.1) is 12.7 Å². The highest BCUT2D eigenvalue weighted by Gasteiger charge is 2.13. The quantitative estimate of drug-likeness (QED) is 0.728. The van der Waals surface area contributed by atoms with Crippen molar-refractivity contribution < 1.29 is 13.2 Å². The van der Waals surface area contributed by atoms with Crippen LogP contribution in [-0.4, -0.2) is 12.0 Å². The van der Waals surface area contributed by atoms with Gasteiger partial charge in [0.1, 0.15) is 5.76 Å². The van der Waals surface area contributed by atoms with E-state index in [9.17, 15) is 8.78 Å². The Morgan fingerprint density at radius 1 is 1.73 bits per heavy atom. The van der Waals surface area contributed by atoms with Gasteiger partial charge in [-0.25, -0.2) is 4.98 Å². The van der Waals surface area contributed by atoms with Crippen LogP contribution in [0, 0.1) is 0 Å². The van der Waals surface area contributed by atoms with Crippen LogP contribution >= 0.6 is 0 Å². The molecule has 0 radical (unpaired) electrons. The molecule has 0 saturated carbocycles. The van der Waals surface area contributed by atoms with Gasteiger partial charge in [0.25, 0.3) is 5.89 Å². The van der Waals surface area contributed by atoms with E-state index < -0.39 is 12.3 Å². The van der Waals surface area contributed by atoms with E-state index in [-0.39, 0.29) is 0 Å². The molecule has 5 heteroatoms. The van der Waals surface area contributed by atoms with E-state index in [1.807, 2.05) is 0 Å². The molecule has 0 amide bonds. The minimum Gasteiger partial charge on any atom is -0.439 e. The van der Waals surface area contributed by atoms with Crippen molar-refractivity contribution in [3.63, 3.8) is 0 Å². The number of alkyl halides is 2. The fourth-order valence-corrected chi connectivity index (χ4v) is 0.679. The molecule has 1 aromatic heterocycles. The molecule has 0 atom stereocenters. The molecule has 0 aliphatic heterocycles. The monoisotopic (exact) mass is 162 g/mol. The van der Waals surface area contributed by atoms with Crippen molar-refractivity contribution in [1.29, 1.82) is 0 Å². The topological polar surface area (TPSA) is 38.1 Å². The number of hydrogen-bond donors (Lipinski definition) is 1. The number of rotatable bonds is 3. The number of nitrogens with one attached hydrogen (secondary N) is 1. The number of oxazole rings is 1. The van der Waals surface area contributed by atoms with E-state index in [1.54, 1.807) is 7.05 Å². The fraction of sp³-hybridized carbons (Fsp3) is 0.500. The number of hydrogen-bond acceptors (Lipinski definition) is 3. The van der Waals surface area contributed by atoms with Crippen LogP contribution in [0.5, 0.6) is 0 Å². The van der Waals surface area contributed by atoms with Crippen LogP contribution in [-0.2, 0) is 6.54 Å². The van der Waals surface area contributed by atoms with Crippen LogP contribution in [0.3, 0.4) is 0 Å². The molecule has 1 rings (SSSR count). The third kappa shape index (κ3) is 1.98. The average Bonchev–Trinajstić information content (AvgIpc) is 2.37. The maximum atomic E-state index is 11.8. The van der Waals surface area contributed by atoms with Gasteiger partial charge in [0, 0.05) is 0 Å². The smallest absolute Gasteiger partial charge is 0.313 e. The van der Waals surface area contributed by atoms with Crippen LogP contribution in [0.25, 0.3) is 0 Å². The van der Waals surface area contributed by atoms with Crippen LogP contribution in [0.15, 0.2) is 10.6 Å². The summed E-state index contributed by atoms with van der Waals surface area (Å²) in [6, 6.07) is 0. The van der Waals surface area contributed by atoms with Crippen LogP contribution in [0.4, 0.5) is 8.78 Å². The summed E-state index contributed by atoms with van der Waals surface area (Å²) < 4.78 is 28.3. The minimum atomic E-state index is -2.62. The van der Waals surface area contributed by atoms with E-state index in [4.69, 9.17) is 0 Å². The lowest BCUT2D eigenvalue weighted by atomic mass is 10.5. The molecular weight excluding hydrogens is 154 g/mol. The molecule has 1 N–H and O–H groups in total. The maximum Gasteiger partial charge on any atom is 0.313 e. The lowest BCUT2D eigenvalue weighted by Crippen LogP contribution is -2.03. The molecule has 3 nitrogen and oxygen atoms in total. The molecule has 0 unspecified atom stereocenters. The second-order valence-corrected chi connectivity index (χ2v) is 2.00. The number of nitrogens with zero attached hydrogens (tertiary/aromatic N) is 1. The third-order valence-corrected chi connectivity index (χ3v) is 1.11. The largest absolute Gasteiger partial charge is 0.439 e. The first-order valence-corrected chi connectivity index (χ1v) is 3.11.